The third-order valence-corrected chi connectivity index (χ3v) is 15.6. The Morgan fingerprint density at radius 2 is 0.553 bits per heavy atom. The van der Waals surface area contributed by atoms with E-state index < -0.39 is 0 Å². The second-order valence-electron chi connectivity index (χ2n) is 19.8. The van der Waals surface area contributed by atoms with Gasteiger partial charge in [0, 0.05) is 71.3 Å². The number of rotatable bonds is 7. The summed E-state index contributed by atoms with van der Waals surface area (Å²) in [5.74, 6) is 0.619. The molecule has 0 saturated heterocycles. The number of aromatic nitrogens is 6. The van der Waals surface area contributed by atoms with Crippen LogP contribution < -0.4 is 0 Å². The van der Waals surface area contributed by atoms with Gasteiger partial charge in [-0.25, -0.2) is 9.97 Å². The lowest BCUT2D eigenvalue weighted by Crippen LogP contribution is -2.04. The molecule has 0 fully saturated rings. The lowest BCUT2D eigenvalue weighted by molar-refractivity contribution is 0.995. The summed E-state index contributed by atoms with van der Waals surface area (Å²) in [5, 5.41) is 9.64. The van der Waals surface area contributed by atoms with E-state index in [1.807, 2.05) is 0 Å². The predicted octanol–water partition coefficient (Wildman–Crippen LogP) is 17.9. The van der Waals surface area contributed by atoms with Gasteiger partial charge >= 0.3 is 0 Å². The monoisotopic (exact) mass is 968 g/mol. The maximum atomic E-state index is 5.48. The smallest absolute Gasteiger partial charge is 0.235 e. The number of nitrogens with zero attached hydrogens (tertiary/aromatic N) is 6. The van der Waals surface area contributed by atoms with Gasteiger partial charge in [0.05, 0.1) is 55.5 Å². The van der Waals surface area contributed by atoms with E-state index in [9.17, 15) is 0 Å². The number of hydrogen-bond acceptors (Lipinski definition) is 2. The summed E-state index contributed by atoms with van der Waals surface area (Å²) in [4.78, 5) is 10.9. The van der Waals surface area contributed by atoms with Crippen molar-refractivity contribution in [1.82, 2.24) is 28.2 Å². The van der Waals surface area contributed by atoms with Crippen molar-refractivity contribution in [3.8, 4) is 56.7 Å². The Hall–Kier alpha value is -10.3. The normalized spacial score (nSPS) is 11.9. The van der Waals surface area contributed by atoms with Crippen LogP contribution in [0.2, 0.25) is 0 Å². The van der Waals surface area contributed by atoms with Gasteiger partial charge in [-0.3, -0.25) is 4.57 Å². The fourth-order valence-electron chi connectivity index (χ4n) is 12.2. The molecule has 0 N–H and O–H groups in total. The van der Waals surface area contributed by atoms with Crippen molar-refractivity contribution >= 4 is 87.2 Å². The summed E-state index contributed by atoms with van der Waals surface area (Å²) in [6.07, 6.45) is 0. The minimum absolute atomic E-state index is 0.619. The van der Waals surface area contributed by atoms with Crippen molar-refractivity contribution in [2.24, 2.45) is 0 Å². The summed E-state index contributed by atoms with van der Waals surface area (Å²) >= 11 is 0. The first kappa shape index (κ1) is 42.2. The molecule has 354 valence electrons. The van der Waals surface area contributed by atoms with Crippen molar-refractivity contribution < 1.29 is 0 Å². The van der Waals surface area contributed by atoms with E-state index >= 15 is 0 Å². The van der Waals surface area contributed by atoms with Crippen LogP contribution in [0, 0.1) is 0 Å². The van der Waals surface area contributed by atoms with Gasteiger partial charge in [-0.05, 0) is 102 Å². The molecule has 0 atom stereocenters. The highest BCUT2D eigenvalue weighted by atomic mass is 15.2. The lowest BCUT2D eigenvalue weighted by Gasteiger charge is -2.14. The molecule has 76 heavy (non-hydrogen) atoms. The van der Waals surface area contributed by atoms with Crippen molar-refractivity contribution in [2.75, 3.05) is 0 Å². The molecule has 16 aromatic rings. The van der Waals surface area contributed by atoms with Gasteiger partial charge in [0.2, 0.25) is 5.95 Å². The molecule has 0 aliphatic carbocycles. The van der Waals surface area contributed by atoms with Crippen LogP contribution in [0.4, 0.5) is 0 Å². The molecule has 16 rings (SSSR count). The summed E-state index contributed by atoms with van der Waals surface area (Å²) in [7, 11) is 0. The molecule has 0 saturated carbocycles. The Labute approximate surface area is 436 Å². The molecule has 0 amide bonds. The summed E-state index contributed by atoms with van der Waals surface area (Å²) in [5.41, 5.74) is 18.6. The highest BCUT2D eigenvalue weighted by Gasteiger charge is 2.23. The maximum Gasteiger partial charge on any atom is 0.235 e. The first-order chi connectivity index (χ1) is 37.7. The molecule has 0 unspecified atom stereocenters. The van der Waals surface area contributed by atoms with Gasteiger partial charge in [0.25, 0.3) is 0 Å². The molecule has 5 aromatic heterocycles. The van der Waals surface area contributed by atoms with E-state index in [4.69, 9.17) is 9.97 Å². The molecule has 5 heterocycles. The maximum absolute atomic E-state index is 5.48. The molecular formula is C70H44N6. The summed E-state index contributed by atoms with van der Waals surface area (Å²) in [6.45, 7) is 0. The van der Waals surface area contributed by atoms with Crippen LogP contribution in [0.15, 0.2) is 267 Å². The Bertz CT molecular complexity index is 4960. The van der Waals surface area contributed by atoms with Gasteiger partial charge in [-0.15, -0.1) is 0 Å². The molecule has 0 aliphatic rings. The lowest BCUT2D eigenvalue weighted by atomic mass is 10.0. The number of hydrogen-bond donors (Lipinski definition) is 0. The molecule has 0 aliphatic heterocycles. The average Bonchev–Trinajstić information content (AvgIpc) is 4.30. The van der Waals surface area contributed by atoms with E-state index in [0.717, 1.165) is 72.5 Å². The zero-order chi connectivity index (χ0) is 49.8. The molecule has 6 nitrogen and oxygen atoms in total. The molecule has 0 radical (unpaired) electrons. The van der Waals surface area contributed by atoms with Gasteiger partial charge < -0.3 is 13.7 Å². The van der Waals surface area contributed by atoms with Crippen LogP contribution in [0.1, 0.15) is 0 Å². The van der Waals surface area contributed by atoms with Gasteiger partial charge in [0.1, 0.15) is 0 Å². The summed E-state index contributed by atoms with van der Waals surface area (Å²) < 4.78 is 9.49. The van der Waals surface area contributed by atoms with E-state index in [-0.39, 0.29) is 0 Å². The van der Waals surface area contributed by atoms with Gasteiger partial charge in [-0.2, -0.15) is 0 Å². The van der Waals surface area contributed by atoms with E-state index in [1.54, 1.807) is 0 Å². The first-order valence-electron chi connectivity index (χ1n) is 25.9. The Morgan fingerprint density at radius 1 is 0.211 bits per heavy atom. The third-order valence-electron chi connectivity index (χ3n) is 15.6. The van der Waals surface area contributed by atoms with Crippen LogP contribution in [-0.4, -0.2) is 28.2 Å². The zero-order valence-corrected chi connectivity index (χ0v) is 41.1. The minimum Gasteiger partial charge on any atom is -0.309 e. The van der Waals surface area contributed by atoms with E-state index in [2.05, 4.69) is 285 Å². The second kappa shape index (κ2) is 16.6. The third kappa shape index (κ3) is 6.34. The fourth-order valence-corrected chi connectivity index (χ4v) is 12.2. The van der Waals surface area contributed by atoms with E-state index in [1.165, 1.54) is 65.5 Å². The van der Waals surface area contributed by atoms with Crippen molar-refractivity contribution in [2.45, 2.75) is 0 Å². The van der Waals surface area contributed by atoms with Crippen LogP contribution in [0.3, 0.4) is 0 Å². The fraction of sp³-hybridized carbons (Fsp3) is 0. The molecule has 11 aromatic carbocycles. The molecule has 6 heteroatoms. The molecule has 0 spiro atoms. The number of fused-ring (bicyclic) bond motifs is 13. The standard InChI is InChI=1S/C70H44N6/c1-4-18-45(19-5-1)60-44-61(46-32-36-51(37-33-46)75-64-30-16-11-25-53(64)57-39-38-56-52-24-10-15-29-63(52)74(68(56)69(57)75)50-22-8-3-9-23-50)72-70(71-60)76-65-31-17-13-27-55(65)59-43-48(35-41-67(59)76)47-34-40-66-58(42-47)54-26-12-14-28-62(54)73(66)49-20-6-2-7-21-49/h1-44H. The van der Waals surface area contributed by atoms with Crippen molar-refractivity contribution in [1.29, 1.82) is 0 Å². The SMILES string of the molecule is c1ccc(-c2cc(-c3ccc(-n4c5ccccc5c5ccc6c7ccccc7n(-c7ccccc7)c6c54)cc3)nc(-n3c4ccccc4c4cc(-c5ccc6c(c5)c5ccccc5n6-c5ccccc5)ccc43)n2)cc1. The highest BCUT2D eigenvalue weighted by molar-refractivity contribution is 6.24. The van der Waals surface area contributed by atoms with Crippen LogP contribution in [0.5, 0.6) is 0 Å². The highest BCUT2D eigenvalue weighted by Crippen LogP contribution is 2.43. The summed E-state index contributed by atoms with van der Waals surface area (Å²) in [6, 6.07) is 96.1. The van der Waals surface area contributed by atoms with Crippen LogP contribution >= 0.6 is 0 Å². The first-order valence-corrected chi connectivity index (χ1v) is 25.9. The van der Waals surface area contributed by atoms with Gasteiger partial charge in [-0.1, -0.05) is 176 Å². The van der Waals surface area contributed by atoms with Crippen LogP contribution in [0.25, 0.3) is 144 Å². The zero-order valence-electron chi connectivity index (χ0n) is 41.1. The largest absolute Gasteiger partial charge is 0.309 e. The Morgan fingerprint density at radius 3 is 1.05 bits per heavy atom. The van der Waals surface area contributed by atoms with Gasteiger partial charge in [0.15, 0.2) is 0 Å². The quantitative estimate of drug-likeness (QED) is 0.160. The van der Waals surface area contributed by atoms with Crippen molar-refractivity contribution in [3.05, 3.63) is 267 Å². The topological polar surface area (TPSA) is 45.5 Å². The second-order valence-corrected chi connectivity index (χ2v) is 19.8. The minimum atomic E-state index is 0.619. The Balaban J connectivity index is 0.855. The molecular weight excluding hydrogens is 925 g/mol. The van der Waals surface area contributed by atoms with Crippen LogP contribution in [-0.2, 0) is 0 Å². The van der Waals surface area contributed by atoms with Crippen molar-refractivity contribution in [3.63, 3.8) is 0 Å². The number of para-hydroxylation sites is 6. The molecule has 0 bridgehead atoms. The Kier molecular flexibility index (Phi) is 9.23. The van der Waals surface area contributed by atoms with E-state index in [0.29, 0.717) is 5.95 Å². The predicted molar refractivity (Wildman–Crippen MR) is 316 cm³/mol. The number of benzene rings is 11. The average molecular weight is 969 g/mol.